The number of aryl methyl sites for hydroxylation is 2. The van der Waals surface area contributed by atoms with Crippen molar-refractivity contribution in [3.05, 3.63) is 29.3 Å². The van der Waals surface area contributed by atoms with E-state index < -0.39 is 0 Å². The van der Waals surface area contributed by atoms with Crippen LogP contribution in [-0.4, -0.2) is 26.2 Å². The van der Waals surface area contributed by atoms with E-state index in [2.05, 4.69) is 40.6 Å². The van der Waals surface area contributed by atoms with Crippen LogP contribution in [0.3, 0.4) is 0 Å². The largest absolute Gasteiger partial charge is 0.328 e. The smallest absolute Gasteiger partial charge is 0.213 e. The van der Waals surface area contributed by atoms with Gasteiger partial charge in [-0.2, -0.15) is 0 Å². The summed E-state index contributed by atoms with van der Waals surface area (Å²) in [5, 5.41) is 12.2. The third-order valence-corrected chi connectivity index (χ3v) is 3.79. The quantitative estimate of drug-likeness (QED) is 0.906. The summed E-state index contributed by atoms with van der Waals surface area (Å²) >= 11 is 1.57. The highest BCUT2D eigenvalue weighted by Crippen LogP contribution is 2.28. The molecule has 0 radical (unpaired) electrons. The molecule has 1 unspecified atom stereocenters. The Morgan fingerprint density at radius 1 is 1.44 bits per heavy atom. The van der Waals surface area contributed by atoms with Crippen LogP contribution in [0.15, 0.2) is 28.3 Å². The van der Waals surface area contributed by atoms with Crippen LogP contribution in [0.2, 0.25) is 0 Å². The summed E-state index contributed by atoms with van der Waals surface area (Å²) in [6.45, 7) is 4.11. The summed E-state index contributed by atoms with van der Waals surface area (Å²) in [4.78, 5) is 1.17. The number of hydrogen-bond acceptors (Lipinski definition) is 5. The first-order chi connectivity index (χ1) is 8.56. The monoisotopic (exact) mass is 263 g/mol. The molecule has 0 saturated carbocycles. The normalized spacial score (nSPS) is 12.7. The molecule has 0 amide bonds. The second kappa shape index (κ2) is 5.49. The van der Waals surface area contributed by atoms with Crippen molar-refractivity contribution in [2.24, 2.45) is 12.8 Å². The Kier molecular flexibility index (Phi) is 3.98. The van der Waals surface area contributed by atoms with Crippen LogP contribution in [0.1, 0.15) is 18.1 Å². The summed E-state index contributed by atoms with van der Waals surface area (Å²) in [6, 6.07) is 6.58. The number of aromatic nitrogens is 4. The van der Waals surface area contributed by atoms with Crippen molar-refractivity contribution in [1.29, 1.82) is 0 Å². The molecule has 2 N–H and O–H groups in total. The van der Waals surface area contributed by atoms with E-state index in [1.807, 2.05) is 14.0 Å². The van der Waals surface area contributed by atoms with E-state index >= 15 is 0 Å². The maximum Gasteiger partial charge on any atom is 0.213 e. The van der Waals surface area contributed by atoms with E-state index in [1.54, 1.807) is 16.4 Å². The van der Waals surface area contributed by atoms with Gasteiger partial charge in [0, 0.05) is 18.0 Å². The maximum absolute atomic E-state index is 5.81. The van der Waals surface area contributed by atoms with Crippen molar-refractivity contribution < 1.29 is 0 Å². The van der Waals surface area contributed by atoms with Gasteiger partial charge in [-0.1, -0.05) is 12.1 Å². The first-order valence-electron chi connectivity index (χ1n) is 5.81. The van der Waals surface area contributed by atoms with Crippen LogP contribution in [0.25, 0.3) is 0 Å². The molecule has 2 rings (SSSR count). The highest BCUT2D eigenvalue weighted by Gasteiger charge is 2.08. The molecule has 2 aromatic rings. The Labute approximate surface area is 111 Å². The average Bonchev–Trinajstić information content (AvgIpc) is 2.67. The lowest BCUT2D eigenvalue weighted by Crippen LogP contribution is -2.17. The predicted octanol–water partition coefficient (Wildman–Crippen LogP) is 1.56. The van der Waals surface area contributed by atoms with Crippen LogP contribution in [0.4, 0.5) is 0 Å². The molecular weight excluding hydrogens is 246 g/mol. The van der Waals surface area contributed by atoms with E-state index in [0.29, 0.717) is 0 Å². The Morgan fingerprint density at radius 2 is 2.22 bits per heavy atom. The van der Waals surface area contributed by atoms with Gasteiger partial charge >= 0.3 is 0 Å². The van der Waals surface area contributed by atoms with Gasteiger partial charge in [0.25, 0.3) is 0 Å². The Morgan fingerprint density at radius 3 is 2.78 bits per heavy atom. The third-order valence-electron chi connectivity index (χ3n) is 2.58. The van der Waals surface area contributed by atoms with Gasteiger partial charge in [-0.3, -0.25) is 0 Å². The highest BCUT2D eigenvalue weighted by atomic mass is 32.2. The fraction of sp³-hybridized carbons (Fsp3) is 0.417. The van der Waals surface area contributed by atoms with E-state index in [0.717, 1.165) is 11.6 Å². The Bertz CT molecular complexity index is 535. The average molecular weight is 263 g/mol. The lowest BCUT2D eigenvalue weighted by atomic mass is 10.1. The Balaban J connectivity index is 2.17. The summed E-state index contributed by atoms with van der Waals surface area (Å²) in [6.07, 6.45) is 0.900. The van der Waals surface area contributed by atoms with Gasteiger partial charge in [-0.05, 0) is 59.7 Å². The molecule has 18 heavy (non-hydrogen) atoms. The van der Waals surface area contributed by atoms with Crippen LogP contribution in [-0.2, 0) is 13.5 Å². The van der Waals surface area contributed by atoms with E-state index in [9.17, 15) is 0 Å². The number of hydrogen-bond donors (Lipinski definition) is 1. The van der Waals surface area contributed by atoms with E-state index in [4.69, 9.17) is 5.73 Å². The van der Waals surface area contributed by atoms with E-state index in [-0.39, 0.29) is 6.04 Å². The molecule has 5 nitrogen and oxygen atoms in total. The number of rotatable bonds is 4. The molecular formula is C12H17N5S. The number of nitrogens with zero attached hydrogens (tertiary/aromatic N) is 4. The van der Waals surface area contributed by atoms with Gasteiger partial charge in [-0.15, -0.1) is 5.10 Å². The summed E-state index contributed by atoms with van der Waals surface area (Å²) in [5.74, 6) is 0. The lowest BCUT2D eigenvalue weighted by molar-refractivity contribution is 0.664. The van der Waals surface area contributed by atoms with Crippen LogP contribution >= 0.6 is 11.8 Å². The van der Waals surface area contributed by atoms with Crippen molar-refractivity contribution in [2.45, 2.75) is 36.4 Å². The van der Waals surface area contributed by atoms with Crippen LogP contribution < -0.4 is 5.73 Å². The fourth-order valence-corrected chi connectivity index (χ4v) is 2.53. The van der Waals surface area contributed by atoms with Gasteiger partial charge in [0.05, 0.1) is 0 Å². The third kappa shape index (κ3) is 3.08. The first kappa shape index (κ1) is 13.0. The molecule has 0 aliphatic rings. The number of benzene rings is 1. The van der Waals surface area contributed by atoms with E-state index in [1.165, 1.54) is 16.0 Å². The first-order valence-corrected chi connectivity index (χ1v) is 6.63. The minimum Gasteiger partial charge on any atom is -0.328 e. The summed E-state index contributed by atoms with van der Waals surface area (Å²) < 4.78 is 1.67. The van der Waals surface area contributed by atoms with Crippen molar-refractivity contribution in [1.82, 2.24) is 20.2 Å². The van der Waals surface area contributed by atoms with Gasteiger partial charge < -0.3 is 5.73 Å². The zero-order chi connectivity index (χ0) is 13.1. The fourth-order valence-electron chi connectivity index (χ4n) is 1.73. The standard InChI is InChI=1S/C12H17N5S/c1-8-6-10(7-9(2)13)4-5-11(8)18-12-14-15-16-17(12)3/h4-6,9H,7,13H2,1-3H3. The second-order valence-electron chi connectivity index (χ2n) is 4.47. The molecule has 0 spiro atoms. The van der Waals surface area contributed by atoms with Crippen molar-refractivity contribution in [2.75, 3.05) is 0 Å². The van der Waals surface area contributed by atoms with Crippen molar-refractivity contribution in [3.63, 3.8) is 0 Å². The molecule has 1 aromatic carbocycles. The van der Waals surface area contributed by atoms with Gasteiger partial charge in [0.2, 0.25) is 5.16 Å². The lowest BCUT2D eigenvalue weighted by Gasteiger charge is -2.09. The molecule has 0 saturated heterocycles. The SMILES string of the molecule is Cc1cc(CC(C)N)ccc1Sc1nnnn1C. The molecule has 1 heterocycles. The highest BCUT2D eigenvalue weighted by molar-refractivity contribution is 7.99. The molecule has 1 aromatic heterocycles. The molecule has 0 aliphatic heterocycles. The van der Waals surface area contributed by atoms with Crippen molar-refractivity contribution in [3.8, 4) is 0 Å². The zero-order valence-electron chi connectivity index (χ0n) is 10.8. The van der Waals surface area contributed by atoms with Gasteiger partial charge in [0.15, 0.2) is 0 Å². The summed E-state index contributed by atoms with van der Waals surface area (Å²) in [5.41, 5.74) is 8.30. The van der Waals surface area contributed by atoms with Gasteiger partial charge in [0.1, 0.15) is 0 Å². The number of tetrazole rings is 1. The molecule has 6 heteroatoms. The minimum atomic E-state index is 0.186. The topological polar surface area (TPSA) is 69.6 Å². The van der Waals surface area contributed by atoms with Crippen LogP contribution in [0, 0.1) is 6.92 Å². The summed E-state index contributed by atoms with van der Waals surface area (Å²) in [7, 11) is 1.84. The molecule has 0 aliphatic carbocycles. The molecule has 1 atom stereocenters. The van der Waals surface area contributed by atoms with Crippen LogP contribution in [0.5, 0.6) is 0 Å². The maximum atomic E-state index is 5.81. The van der Waals surface area contributed by atoms with Crippen molar-refractivity contribution >= 4 is 11.8 Å². The second-order valence-corrected chi connectivity index (χ2v) is 5.48. The Hall–Kier alpha value is -1.40. The molecule has 0 bridgehead atoms. The van der Waals surface area contributed by atoms with Gasteiger partial charge in [-0.25, -0.2) is 4.68 Å². The number of nitrogens with two attached hydrogens (primary N) is 1. The zero-order valence-corrected chi connectivity index (χ0v) is 11.6. The molecule has 96 valence electrons. The predicted molar refractivity (Wildman–Crippen MR) is 71.5 cm³/mol. The molecule has 0 fully saturated rings. The minimum absolute atomic E-state index is 0.186.